The number of amides is 2. The van der Waals surface area contributed by atoms with Crippen LogP contribution in [0.3, 0.4) is 0 Å². The van der Waals surface area contributed by atoms with Crippen molar-refractivity contribution in [2.45, 2.75) is 6.92 Å². The van der Waals surface area contributed by atoms with E-state index < -0.39 is 5.91 Å². The van der Waals surface area contributed by atoms with Crippen molar-refractivity contribution >= 4 is 29.0 Å². The Morgan fingerprint density at radius 2 is 1.48 bits per heavy atom. The van der Waals surface area contributed by atoms with Gasteiger partial charge < -0.3 is 10.6 Å². The van der Waals surface area contributed by atoms with E-state index in [1.165, 1.54) is 0 Å². The number of fused-ring (bicyclic) bond motifs is 1. The minimum atomic E-state index is -0.562. The number of hydrogen-bond donors (Lipinski definition) is 2. The van der Waals surface area contributed by atoms with E-state index in [2.05, 4.69) is 15.6 Å². The first kappa shape index (κ1) is 19.8. The number of aliphatic imine (C=N–C) groups is 1. The number of amidine groups is 1. The molecule has 4 rings (SSSR count). The summed E-state index contributed by atoms with van der Waals surface area (Å²) in [6, 6.07) is 25.2. The lowest BCUT2D eigenvalue weighted by molar-refractivity contribution is -0.112. The molecule has 0 unspecified atom stereocenters. The van der Waals surface area contributed by atoms with E-state index in [1.807, 2.05) is 37.3 Å². The highest BCUT2D eigenvalue weighted by molar-refractivity contribution is 6.21. The van der Waals surface area contributed by atoms with Crippen molar-refractivity contribution in [3.05, 3.63) is 107 Å². The van der Waals surface area contributed by atoms with Crippen LogP contribution in [-0.2, 0) is 4.79 Å². The van der Waals surface area contributed by atoms with Gasteiger partial charge in [0.05, 0.1) is 5.70 Å². The molecule has 0 spiro atoms. The predicted molar refractivity (Wildman–Crippen MR) is 119 cm³/mol. The fourth-order valence-corrected chi connectivity index (χ4v) is 3.23. The summed E-state index contributed by atoms with van der Waals surface area (Å²) < 4.78 is 0. The second-order valence-corrected chi connectivity index (χ2v) is 6.98. The number of nitriles is 1. The Kier molecular flexibility index (Phi) is 5.41. The normalized spacial score (nSPS) is 13.5. The van der Waals surface area contributed by atoms with E-state index in [-0.39, 0.29) is 17.2 Å². The number of rotatable bonds is 3. The maximum Gasteiger partial charge on any atom is 0.268 e. The van der Waals surface area contributed by atoms with Crippen LogP contribution in [0.4, 0.5) is 5.69 Å². The van der Waals surface area contributed by atoms with Crippen LogP contribution in [0.2, 0.25) is 0 Å². The van der Waals surface area contributed by atoms with Gasteiger partial charge in [-0.25, -0.2) is 4.99 Å². The van der Waals surface area contributed by atoms with Crippen molar-refractivity contribution < 1.29 is 9.59 Å². The SMILES string of the molecule is Cc1ccc(C(=O)NC2=N/C(=C(/C#N)C(=O)Nc3ccccc3)c3ccccc32)cc1. The van der Waals surface area contributed by atoms with Gasteiger partial charge in [0.15, 0.2) is 0 Å². The van der Waals surface area contributed by atoms with E-state index in [0.29, 0.717) is 28.2 Å². The Morgan fingerprint density at radius 3 is 2.16 bits per heavy atom. The van der Waals surface area contributed by atoms with Crippen LogP contribution in [0.15, 0.2) is 89.4 Å². The number of carbonyl (C=O) groups excluding carboxylic acids is 2. The third-order valence-electron chi connectivity index (χ3n) is 4.81. The molecule has 0 aromatic heterocycles. The number of benzene rings is 3. The number of para-hydroxylation sites is 1. The molecule has 31 heavy (non-hydrogen) atoms. The maximum atomic E-state index is 12.8. The van der Waals surface area contributed by atoms with Gasteiger partial charge >= 0.3 is 0 Å². The summed E-state index contributed by atoms with van der Waals surface area (Å²) in [7, 11) is 0. The number of anilines is 1. The number of nitrogens with one attached hydrogen (secondary N) is 2. The third kappa shape index (κ3) is 4.11. The fourth-order valence-electron chi connectivity index (χ4n) is 3.23. The molecule has 2 amide bonds. The molecule has 1 aliphatic rings. The maximum absolute atomic E-state index is 12.8. The number of hydrogen-bond acceptors (Lipinski definition) is 4. The molecule has 0 saturated carbocycles. The number of nitrogens with zero attached hydrogens (tertiary/aromatic N) is 2. The lowest BCUT2D eigenvalue weighted by Crippen LogP contribution is -2.30. The monoisotopic (exact) mass is 406 g/mol. The average molecular weight is 406 g/mol. The molecular weight excluding hydrogens is 388 g/mol. The zero-order valence-electron chi connectivity index (χ0n) is 16.7. The first-order valence-corrected chi connectivity index (χ1v) is 9.64. The summed E-state index contributed by atoms with van der Waals surface area (Å²) in [5.41, 5.74) is 3.48. The van der Waals surface area contributed by atoms with Crippen LogP contribution in [0.5, 0.6) is 0 Å². The molecule has 0 fully saturated rings. The molecule has 3 aromatic rings. The topological polar surface area (TPSA) is 94.3 Å². The summed E-state index contributed by atoms with van der Waals surface area (Å²) in [4.78, 5) is 29.9. The van der Waals surface area contributed by atoms with Crippen molar-refractivity contribution in [3.63, 3.8) is 0 Å². The highest BCUT2D eigenvalue weighted by Crippen LogP contribution is 2.31. The molecule has 0 radical (unpaired) electrons. The molecule has 0 saturated heterocycles. The van der Waals surface area contributed by atoms with Gasteiger partial charge in [-0.2, -0.15) is 5.26 Å². The van der Waals surface area contributed by atoms with Gasteiger partial charge in [-0.1, -0.05) is 60.2 Å². The van der Waals surface area contributed by atoms with Crippen LogP contribution >= 0.6 is 0 Å². The third-order valence-corrected chi connectivity index (χ3v) is 4.81. The molecule has 0 aliphatic carbocycles. The lowest BCUT2D eigenvalue weighted by atomic mass is 10.0. The highest BCUT2D eigenvalue weighted by Gasteiger charge is 2.27. The van der Waals surface area contributed by atoms with E-state index in [4.69, 9.17) is 0 Å². The fraction of sp³-hybridized carbons (Fsp3) is 0.0400. The molecule has 0 atom stereocenters. The van der Waals surface area contributed by atoms with Crippen LogP contribution in [0, 0.1) is 18.3 Å². The Balaban J connectivity index is 1.69. The van der Waals surface area contributed by atoms with E-state index in [1.54, 1.807) is 54.6 Å². The number of carbonyl (C=O) groups is 2. The van der Waals surface area contributed by atoms with Crippen molar-refractivity contribution in [2.24, 2.45) is 4.99 Å². The lowest BCUT2D eigenvalue weighted by Gasteiger charge is -2.06. The summed E-state index contributed by atoms with van der Waals surface area (Å²) in [6.45, 7) is 1.94. The highest BCUT2D eigenvalue weighted by atomic mass is 16.2. The number of aryl methyl sites for hydroxylation is 1. The van der Waals surface area contributed by atoms with E-state index in [9.17, 15) is 14.9 Å². The molecule has 1 heterocycles. The van der Waals surface area contributed by atoms with Crippen LogP contribution < -0.4 is 10.6 Å². The van der Waals surface area contributed by atoms with Gasteiger partial charge in [-0.3, -0.25) is 9.59 Å². The van der Waals surface area contributed by atoms with Crippen molar-refractivity contribution in [1.29, 1.82) is 5.26 Å². The Labute approximate surface area is 179 Å². The first-order valence-electron chi connectivity index (χ1n) is 9.64. The molecule has 6 nitrogen and oxygen atoms in total. The quantitative estimate of drug-likeness (QED) is 0.507. The summed E-state index contributed by atoms with van der Waals surface area (Å²) in [5, 5.41) is 15.2. The molecule has 6 heteroatoms. The minimum absolute atomic E-state index is 0.129. The van der Waals surface area contributed by atoms with Crippen LogP contribution in [0.1, 0.15) is 27.0 Å². The first-order chi connectivity index (χ1) is 15.1. The van der Waals surface area contributed by atoms with Crippen LogP contribution in [-0.4, -0.2) is 17.6 Å². The summed E-state index contributed by atoms with van der Waals surface area (Å²) >= 11 is 0. The molecule has 1 aliphatic heterocycles. The van der Waals surface area contributed by atoms with E-state index >= 15 is 0 Å². The molecular formula is C25H18N4O2. The molecule has 3 aromatic carbocycles. The van der Waals surface area contributed by atoms with Crippen molar-refractivity contribution in [2.75, 3.05) is 5.32 Å². The molecule has 0 bridgehead atoms. The van der Waals surface area contributed by atoms with Gasteiger partial charge in [0, 0.05) is 22.4 Å². The van der Waals surface area contributed by atoms with E-state index in [0.717, 1.165) is 5.56 Å². The second-order valence-electron chi connectivity index (χ2n) is 6.98. The Bertz CT molecular complexity index is 1270. The van der Waals surface area contributed by atoms with Crippen molar-refractivity contribution in [3.8, 4) is 6.07 Å². The zero-order chi connectivity index (χ0) is 21.8. The standard InChI is InChI=1S/C25H18N4O2/c1-16-11-13-17(14-12-16)24(30)29-23-20-10-6-5-9-19(20)22(28-23)21(15-26)25(31)27-18-7-3-2-4-8-18/h2-14H,1H3,(H,27,31)(H,28,29,30)/b22-21-. The van der Waals surface area contributed by atoms with Gasteiger partial charge in [-0.05, 0) is 31.2 Å². The predicted octanol–water partition coefficient (Wildman–Crippen LogP) is 4.06. The smallest absolute Gasteiger partial charge is 0.268 e. The van der Waals surface area contributed by atoms with Gasteiger partial charge in [-0.15, -0.1) is 0 Å². The zero-order valence-corrected chi connectivity index (χ0v) is 16.7. The average Bonchev–Trinajstić information content (AvgIpc) is 3.13. The van der Waals surface area contributed by atoms with Crippen LogP contribution in [0.25, 0.3) is 5.70 Å². The summed E-state index contributed by atoms with van der Waals surface area (Å²) in [6.07, 6.45) is 0. The summed E-state index contributed by atoms with van der Waals surface area (Å²) in [5.74, 6) is -0.577. The Morgan fingerprint density at radius 1 is 0.839 bits per heavy atom. The molecule has 2 N–H and O–H groups in total. The van der Waals surface area contributed by atoms with Crippen molar-refractivity contribution in [1.82, 2.24) is 5.32 Å². The Hall–Kier alpha value is -4.50. The second kappa shape index (κ2) is 8.47. The van der Waals surface area contributed by atoms with Gasteiger partial charge in [0.2, 0.25) is 0 Å². The van der Waals surface area contributed by atoms with Gasteiger partial charge in [0.25, 0.3) is 11.8 Å². The largest absolute Gasteiger partial charge is 0.321 e. The minimum Gasteiger partial charge on any atom is -0.321 e. The van der Waals surface area contributed by atoms with Gasteiger partial charge in [0.1, 0.15) is 17.5 Å². The molecule has 150 valence electrons.